The van der Waals surface area contributed by atoms with Gasteiger partial charge in [0.05, 0.1) is 0 Å². The highest BCUT2D eigenvalue weighted by molar-refractivity contribution is 5.72. The van der Waals surface area contributed by atoms with E-state index in [0.717, 1.165) is 39.0 Å². The van der Waals surface area contributed by atoms with Gasteiger partial charge in [-0.25, -0.2) is 0 Å². The van der Waals surface area contributed by atoms with Crippen LogP contribution in [-0.2, 0) is 11.2 Å². The molecule has 4 nitrogen and oxygen atoms in total. The number of hydrogen-bond donors (Lipinski definition) is 2. The highest BCUT2D eigenvalue weighted by Gasteiger charge is 2.20. The molecule has 0 bridgehead atoms. The van der Waals surface area contributed by atoms with Gasteiger partial charge in [0.25, 0.3) is 0 Å². The van der Waals surface area contributed by atoms with Crippen molar-refractivity contribution in [2.75, 3.05) is 36.4 Å². The first-order valence-corrected chi connectivity index (χ1v) is 8.08. The molecule has 2 aliphatic rings. The van der Waals surface area contributed by atoms with Gasteiger partial charge in [0.15, 0.2) is 0 Å². The van der Waals surface area contributed by atoms with Crippen LogP contribution in [0.5, 0.6) is 0 Å². The van der Waals surface area contributed by atoms with Crippen molar-refractivity contribution in [3.8, 4) is 0 Å². The van der Waals surface area contributed by atoms with E-state index in [0.29, 0.717) is 5.92 Å². The Hall–Kier alpha value is -1.71. The molecular formula is C17H25N3O. The molecule has 2 aliphatic heterocycles. The monoisotopic (exact) mass is 287 g/mol. The van der Waals surface area contributed by atoms with Crippen LogP contribution in [0.4, 0.5) is 11.4 Å². The van der Waals surface area contributed by atoms with Crippen molar-refractivity contribution >= 4 is 17.3 Å². The Kier molecular flexibility index (Phi) is 4.32. The third-order valence-electron chi connectivity index (χ3n) is 4.65. The molecule has 3 rings (SSSR count). The number of hydrogen-bond acceptors (Lipinski definition) is 3. The summed E-state index contributed by atoms with van der Waals surface area (Å²) in [7, 11) is 0. The maximum Gasteiger partial charge on any atom is 0.216 e. The van der Waals surface area contributed by atoms with Gasteiger partial charge in [0.1, 0.15) is 0 Å². The Bertz CT molecular complexity index is 507. The largest absolute Gasteiger partial charge is 0.385 e. The van der Waals surface area contributed by atoms with E-state index >= 15 is 0 Å². The first-order valence-electron chi connectivity index (χ1n) is 8.08. The van der Waals surface area contributed by atoms with Crippen molar-refractivity contribution in [3.05, 3.63) is 23.8 Å². The summed E-state index contributed by atoms with van der Waals surface area (Å²) in [6.45, 7) is 5.69. The molecule has 2 heterocycles. The highest BCUT2D eigenvalue weighted by atomic mass is 16.1. The lowest BCUT2D eigenvalue weighted by molar-refractivity contribution is -0.119. The molecule has 0 atom stereocenters. The van der Waals surface area contributed by atoms with E-state index in [2.05, 4.69) is 33.7 Å². The molecule has 1 amide bonds. The number of carbonyl (C=O) groups is 1. The lowest BCUT2D eigenvalue weighted by atomic mass is 9.95. The van der Waals surface area contributed by atoms with Crippen molar-refractivity contribution in [3.63, 3.8) is 0 Å². The van der Waals surface area contributed by atoms with Crippen LogP contribution < -0.4 is 15.5 Å². The molecule has 0 aliphatic carbocycles. The fourth-order valence-corrected chi connectivity index (χ4v) is 3.33. The average molecular weight is 287 g/mol. The molecule has 114 valence electrons. The summed E-state index contributed by atoms with van der Waals surface area (Å²) in [5, 5.41) is 6.45. The summed E-state index contributed by atoms with van der Waals surface area (Å²) in [6, 6.07) is 6.85. The fraction of sp³-hybridized carbons (Fsp3) is 0.588. The minimum absolute atomic E-state index is 0.0817. The number of nitrogens with zero attached hydrogens (tertiary/aromatic N) is 1. The van der Waals surface area contributed by atoms with Gasteiger partial charge in [-0.05, 0) is 49.3 Å². The molecule has 1 saturated heterocycles. The lowest BCUT2D eigenvalue weighted by Crippen LogP contribution is -2.38. The van der Waals surface area contributed by atoms with Crippen LogP contribution in [0, 0.1) is 5.92 Å². The van der Waals surface area contributed by atoms with Gasteiger partial charge in [-0.2, -0.15) is 0 Å². The number of carbonyl (C=O) groups excluding carboxylic acids is 1. The van der Waals surface area contributed by atoms with E-state index in [1.807, 2.05) is 0 Å². The maximum absolute atomic E-state index is 11.0. The summed E-state index contributed by atoms with van der Waals surface area (Å²) < 4.78 is 0. The Balaban J connectivity index is 1.58. The molecule has 2 N–H and O–H groups in total. The van der Waals surface area contributed by atoms with Crippen LogP contribution in [0.15, 0.2) is 18.2 Å². The number of benzene rings is 1. The standard InChI is InChI=1S/C17H25N3O/c1-13(21)19-12-14-6-9-20(10-7-14)16-5-4-15-3-2-8-18-17(15)11-16/h4-5,11,14,18H,2-3,6-10,12H2,1H3,(H,19,21). The summed E-state index contributed by atoms with van der Waals surface area (Å²) in [6.07, 6.45) is 4.75. The zero-order valence-corrected chi connectivity index (χ0v) is 12.8. The Morgan fingerprint density at radius 1 is 1.38 bits per heavy atom. The minimum Gasteiger partial charge on any atom is -0.385 e. The molecule has 1 aromatic rings. The number of nitrogens with one attached hydrogen (secondary N) is 2. The summed E-state index contributed by atoms with van der Waals surface area (Å²) >= 11 is 0. The molecule has 1 fully saturated rings. The zero-order valence-electron chi connectivity index (χ0n) is 12.8. The van der Waals surface area contributed by atoms with Crippen LogP contribution in [-0.4, -0.2) is 32.1 Å². The van der Waals surface area contributed by atoms with Crippen molar-refractivity contribution in [1.82, 2.24) is 5.32 Å². The molecule has 0 aromatic heterocycles. The third-order valence-corrected chi connectivity index (χ3v) is 4.65. The number of fused-ring (bicyclic) bond motifs is 1. The second-order valence-electron chi connectivity index (χ2n) is 6.24. The quantitative estimate of drug-likeness (QED) is 0.897. The van der Waals surface area contributed by atoms with E-state index in [-0.39, 0.29) is 5.91 Å². The lowest BCUT2D eigenvalue weighted by Gasteiger charge is -2.34. The number of aryl methyl sites for hydroxylation is 1. The number of rotatable bonds is 3. The number of anilines is 2. The smallest absolute Gasteiger partial charge is 0.216 e. The summed E-state index contributed by atoms with van der Waals surface area (Å²) in [4.78, 5) is 13.5. The van der Waals surface area contributed by atoms with E-state index < -0.39 is 0 Å². The van der Waals surface area contributed by atoms with E-state index in [1.54, 1.807) is 6.92 Å². The van der Waals surface area contributed by atoms with Gasteiger partial charge in [-0.1, -0.05) is 6.07 Å². The van der Waals surface area contributed by atoms with Gasteiger partial charge in [-0.15, -0.1) is 0 Å². The van der Waals surface area contributed by atoms with Crippen molar-refractivity contribution < 1.29 is 4.79 Å². The van der Waals surface area contributed by atoms with Gasteiger partial charge in [0, 0.05) is 44.5 Å². The van der Waals surface area contributed by atoms with E-state index in [1.165, 1.54) is 29.8 Å². The van der Waals surface area contributed by atoms with Crippen molar-refractivity contribution in [2.45, 2.75) is 32.6 Å². The maximum atomic E-state index is 11.0. The molecular weight excluding hydrogens is 262 g/mol. The van der Waals surface area contributed by atoms with E-state index in [9.17, 15) is 4.79 Å². The molecule has 4 heteroatoms. The predicted octanol–water partition coefficient (Wildman–Crippen LogP) is 2.40. The first-order chi connectivity index (χ1) is 10.2. The van der Waals surface area contributed by atoms with E-state index in [4.69, 9.17) is 0 Å². The molecule has 0 unspecified atom stereocenters. The number of amides is 1. The van der Waals surface area contributed by atoms with Crippen LogP contribution >= 0.6 is 0 Å². The summed E-state index contributed by atoms with van der Waals surface area (Å²) in [5.41, 5.74) is 4.10. The molecule has 1 aromatic carbocycles. The molecule has 21 heavy (non-hydrogen) atoms. The van der Waals surface area contributed by atoms with Crippen LogP contribution in [0.3, 0.4) is 0 Å². The zero-order chi connectivity index (χ0) is 14.7. The van der Waals surface area contributed by atoms with Gasteiger partial charge >= 0.3 is 0 Å². The van der Waals surface area contributed by atoms with Gasteiger partial charge in [-0.3, -0.25) is 4.79 Å². The SMILES string of the molecule is CC(=O)NCC1CCN(c2ccc3c(c2)NCCC3)CC1. The Labute approximate surface area is 126 Å². The molecule has 0 radical (unpaired) electrons. The second-order valence-corrected chi connectivity index (χ2v) is 6.24. The Morgan fingerprint density at radius 3 is 2.95 bits per heavy atom. The molecule has 0 saturated carbocycles. The van der Waals surface area contributed by atoms with Crippen LogP contribution in [0.2, 0.25) is 0 Å². The van der Waals surface area contributed by atoms with Crippen LogP contribution in [0.25, 0.3) is 0 Å². The average Bonchev–Trinajstić information content (AvgIpc) is 2.53. The Morgan fingerprint density at radius 2 is 2.19 bits per heavy atom. The second kappa shape index (κ2) is 6.37. The first kappa shape index (κ1) is 14.2. The molecule has 0 spiro atoms. The number of piperidine rings is 1. The van der Waals surface area contributed by atoms with Crippen molar-refractivity contribution in [2.24, 2.45) is 5.92 Å². The highest BCUT2D eigenvalue weighted by Crippen LogP contribution is 2.29. The van der Waals surface area contributed by atoms with Crippen molar-refractivity contribution in [1.29, 1.82) is 0 Å². The van der Waals surface area contributed by atoms with Gasteiger partial charge < -0.3 is 15.5 Å². The van der Waals surface area contributed by atoms with Crippen LogP contribution in [0.1, 0.15) is 31.7 Å². The minimum atomic E-state index is 0.0817. The predicted molar refractivity (Wildman–Crippen MR) is 86.9 cm³/mol. The normalized spacial score (nSPS) is 18.8. The summed E-state index contributed by atoms with van der Waals surface area (Å²) in [5.74, 6) is 0.707. The topological polar surface area (TPSA) is 44.4 Å². The third kappa shape index (κ3) is 3.49. The van der Waals surface area contributed by atoms with Gasteiger partial charge in [0.2, 0.25) is 5.91 Å². The fourth-order valence-electron chi connectivity index (χ4n) is 3.33.